The minimum Gasteiger partial charge on any atom is -0.383 e. The average Bonchev–Trinajstić information content (AvgIpc) is 3.00. The number of guanidine groups is 1. The summed E-state index contributed by atoms with van der Waals surface area (Å²) in [5, 5.41) is 8.38. The Hall–Kier alpha value is -1.60. The maximum Gasteiger partial charge on any atom is 0.224 e. The monoisotopic (exact) mass is 324 g/mol. The van der Waals surface area contributed by atoms with Crippen LogP contribution in [-0.2, 0) is 22.5 Å². The van der Waals surface area contributed by atoms with Gasteiger partial charge in [-0.3, -0.25) is 9.79 Å². The van der Waals surface area contributed by atoms with E-state index in [1.54, 1.807) is 25.5 Å². The van der Waals surface area contributed by atoms with Gasteiger partial charge in [-0.2, -0.15) is 0 Å². The summed E-state index contributed by atoms with van der Waals surface area (Å²) in [7, 11) is 3.38. The van der Waals surface area contributed by atoms with E-state index in [1.165, 1.54) is 10.4 Å². The van der Waals surface area contributed by atoms with Crippen LogP contribution < -0.4 is 10.6 Å². The highest BCUT2D eigenvalue weighted by Crippen LogP contribution is 2.24. The van der Waals surface area contributed by atoms with Crippen LogP contribution in [0.1, 0.15) is 16.9 Å². The van der Waals surface area contributed by atoms with E-state index in [-0.39, 0.29) is 5.91 Å². The maximum atomic E-state index is 12.3. The Morgan fingerprint density at radius 3 is 3.05 bits per heavy atom. The molecule has 0 bridgehead atoms. The van der Waals surface area contributed by atoms with Crippen LogP contribution in [0.3, 0.4) is 0 Å². The van der Waals surface area contributed by atoms with Crippen molar-refractivity contribution >= 4 is 23.2 Å². The van der Waals surface area contributed by atoms with Crippen molar-refractivity contribution in [1.82, 2.24) is 15.5 Å². The first-order valence-electron chi connectivity index (χ1n) is 7.51. The van der Waals surface area contributed by atoms with Gasteiger partial charge in [0.05, 0.1) is 6.61 Å². The molecule has 1 amide bonds. The molecular formula is C15H24N4O2S. The van der Waals surface area contributed by atoms with Gasteiger partial charge in [0, 0.05) is 51.6 Å². The molecule has 2 heterocycles. The molecule has 0 aromatic carbocycles. The number of aliphatic imine (C=N–C) groups is 1. The number of rotatable bonds is 6. The standard InChI is InChI=1S/C15H24N4O2S/c1-16-15(18-7-9-21-2)17-6-3-14(20)19-8-4-13-12(11-19)5-10-22-13/h5,10H,3-4,6-9,11H2,1-2H3,(H2,16,17,18). The number of nitrogens with one attached hydrogen (secondary N) is 2. The summed E-state index contributed by atoms with van der Waals surface area (Å²) in [5.41, 5.74) is 1.30. The second-order valence-electron chi connectivity index (χ2n) is 5.10. The second-order valence-corrected chi connectivity index (χ2v) is 6.10. The van der Waals surface area contributed by atoms with Crippen LogP contribution in [0.2, 0.25) is 0 Å². The molecule has 122 valence electrons. The Kier molecular flexibility index (Phi) is 6.67. The fourth-order valence-electron chi connectivity index (χ4n) is 2.40. The van der Waals surface area contributed by atoms with Gasteiger partial charge in [0.1, 0.15) is 0 Å². The molecule has 0 unspecified atom stereocenters. The van der Waals surface area contributed by atoms with Crippen molar-refractivity contribution in [2.75, 3.05) is 40.4 Å². The van der Waals surface area contributed by atoms with Gasteiger partial charge < -0.3 is 20.3 Å². The summed E-state index contributed by atoms with van der Waals surface area (Å²) in [6.07, 6.45) is 1.46. The third kappa shape index (κ3) is 4.71. The Morgan fingerprint density at radius 1 is 1.45 bits per heavy atom. The lowest BCUT2D eigenvalue weighted by Gasteiger charge is -2.27. The summed E-state index contributed by atoms with van der Waals surface area (Å²) in [5.74, 6) is 0.889. The molecule has 1 aromatic heterocycles. The SMILES string of the molecule is CN=C(NCCOC)NCCC(=O)N1CCc2sccc2C1. The zero-order valence-corrected chi connectivity index (χ0v) is 14.0. The maximum absolute atomic E-state index is 12.3. The molecule has 0 spiro atoms. The molecule has 0 radical (unpaired) electrons. The second kappa shape index (κ2) is 8.75. The molecule has 0 atom stereocenters. The molecule has 0 saturated carbocycles. The number of methoxy groups -OCH3 is 1. The summed E-state index contributed by atoms with van der Waals surface area (Å²) in [4.78, 5) is 19.7. The largest absolute Gasteiger partial charge is 0.383 e. The van der Waals surface area contributed by atoms with Gasteiger partial charge in [0.15, 0.2) is 5.96 Å². The van der Waals surface area contributed by atoms with E-state index in [0.29, 0.717) is 32.1 Å². The summed E-state index contributed by atoms with van der Waals surface area (Å²) < 4.78 is 4.98. The highest BCUT2D eigenvalue weighted by atomic mass is 32.1. The van der Waals surface area contributed by atoms with Crippen molar-refractivity contribution in [2.45, 2.75) is 19.4 Å². The molecular weight excluding hydrogens is 300 g/mol. The fraction of sp³-hybridized carbons (Fsp3) is 0.600. The van der Waals surface area contributed by atoms with E-state index in [1.807, 2.05) is 4.90 Å². The van der Waals surface area contributed by atoms with Crippen molar-refractivity contribution in [3.05, 3.63) is 21.9 Å². The lowest BCUT2D eigenvalue weighted by atomic mass is 10.1. The van der Waals surface area contributed by atoms with E-state index in [2.05, 4.69) is 27.1 Å². The number of carbonyl (C=O) groups is 1. The van der Waals surface area contributed by atoms with Crippen LogP contribution in [0.4, 0.5) is 0 Å². The molecule has 0 fully saturated rings. The van der Waals surface area contributed by atoms with Gasteiger partial charge in [0.2, 0.25) is 5.91 Å². The number of ether oxygens (including phenoxy) is 1. The first kappa shape index (κ1) is 16.8. The van der Waals surface area contributed by atoms with Crippen molar-refractivity contribution < 1.29 is 9.53 Å². The van der Waals surface area contributed by atoms with Crippen LogP contribution in [0.15, 0.2) is 16.4 Å². The molecule has 22 heavy (non-hydrogen) atoms. The lowest BCUT2D eigenvalue weighted by molar-refractivity contribution is -0.131. The van der Waals surface area contributed by atoms with Crippen LogP contribution in [0, 0.1) is 0 Å². The quantitative estimate of drug-likeness (QED) is 0.462. The predicted octanol–water partition coefficient (Wildman–Crippen LogP) is 0.834. The zero-order valence-electron chi connectivity index (χ0n) is 13.2. The molecule has 6 nitrogen and oxygen atoms in total. The van der Waals surface area contributed by atoms with Gasteiger partial charge >= 0.3 is 0 Å². The molecule has 7 heteroatoms. The van der Waals surface area contributed by atoms with Gasteiger partial charge in [-0.25, -0.2) is 0 Å². The first-order chi connectivity index (χ1) is 10.7. The highest BCUT2D eigenvalue weighted by Gasteiger charge is 2.20. The van der Waals surface area contributed by atoms with Crippen molar-refractivity contribution in [3.63, 3.8) is 0 Å². The number of thiophene rings is 1. The van der Waals surface area contributed by atoms with Crippen molar-refractivity contribution in [1.29, 1.82) is 0 Å². The van der Waals surface area contributed by atoms with Gasteiger partial charge in [-0.15, -0.1) is 11.3 Å². The molecule has 2 rings (SSSR count). The summed E-state index contributed by atoms with van der Waals surface area (Å²) in [6.45, 7) is 3.47. The Bertz CT molecular complexity index is 515. The topological polar surface area (TPSA) is 66.0 Å². The van der Waals surface area contributed by atoms with E-state index in [4.69, 9.17) is 4.74 Å². The van der Waals surface area contributed by atoms with E-state index >= 15 is 0 Å². The van der Waals surface area contributed by atoms with Gasteiger partial charge in [-0.05, 0) is 23.4 Å². The van der Waals surface area contributed by atoms with Crippen LogP contribution in [0.5, 0.6) is 0 Å². The highest BCUT2D eigenvalue weighted by molar-refractivity contribution is 7.10. The number of amides is 1. The third-order valence-corrected chi connectivity index (χ3v) is 4.64. The fourth-order valence-corrected chi connectivity index (χ4v) is 3.29. The smallest absolute Gasteiger partial charge is 0.224 e. The normalized spacial score (nSPS) is 14.6. The molecule has 2 N–H and O–H groups in total. The molecule has 0 saturated heterocycles. The molecule has 0 aliphatic carbocycles. The average molecular weight is 324 g/mol. The summed E-state index contributed by atoms with van der Waals surface area (Å²) >= 11 is 1.79. The van der Waals surface area contributed by atoms with Gasteiger partial charge in [-0.1, -0.05) is 0 Å². The minimum atomic E-state index is 0.191. The van der Waals surface area contributed by atoms with Crippen molar-refractivity contribution in [2.24, 2.45) is 4.99 Å². The van der Waals surface area contributed by atoms with Crippen molar-refractivity contribution in [3.8, 4) is 0 Å². The van der Waals surface area contributed by atoms with E-state index in [9.17, 15) is 4.79 Å². The van der Waals surface area contributed by atoms with E-state index in [0.717, 1.165) is 19.5 Å². The number of fused-ring (bicyclic) bond motifs is 1. The lowest BCUT2D eigenvalue weighted by Crippen LogP contribution is -2.41. The first-order valence-corrected chi connectivity index (χ1v) is 8.39. The predicted molar refractivity (Wildman–Crippen MR) is 89.3 cm³/mol. The van der Waals surface area contributed by atoms with E-state index < -0.39 is 0 Å². The third-order valence-electron chi connectivity index (χ3n) is 3.61. The van der Waals surface area contributed by atoms with Crippen LogP contribution in [0.25, 0.3) is 0 Å². The Morgan fingerprint density at radius 2 is 2.27 bits per heavy atom. The van der Waals surface area contributed by atoms with Crippen LogP contribution in [-0.4, -0.2) is 57.2 Å². The Labute approximate surface area is 135 Å². The van der Waals surface area contributed by atoms with Crippen LogP contribution >= 0.6 is 11.3 Å². The number of hydrogen-bond acceptors (Lipinski definition) is 4. The number of nitrogens with zero attached hydrogens (tertiary/aromatic N) is 2. The number of carbonyl (C=O) groups excluding carboxylic acids is 1. The number of hydrogen-bond donors (Lipinski definition) is 2. The Balaban J connectivity index is 1.70. The zero-order chi connectivity index (χ0) is 15.8. The van der Waals surface area contributed by atoms with Gasteiger partial charge in [0.25, 0.3) is 0 Å². The molecule has 1 aliphatic rings. The molecule has 1 aliphatic heterocycles. The minimum absolute atomic E-state index is 0.191. The summed E-state index contributed by atoms with van der Waals surface area (Å²) in [6, 6.07) is 2.12. The molecule has 1 aromatic rings.